The molecule has 1 N–H and O–H groups in total. The van der Waals surface area contributed by atoms with Crippen LogP contribution in [0.2, 0.25) is 0 Å². The lowest BCUT2D eigenvalue weighted by molar-refractivity contribution is -0.330. The third kappa shape index (κ3) is 4.17. The van der Waals surface area contributed by atoms with Crippen molar-refractivity contribution in [1.82, 2.24) is 4.89 Å². The van der Waals surface area contributed by atoms with Gasteiger partial charge in [0.15, 0.2) is 6.10 Å². The third-order valence-corrected chi connectivity index (χ3v) is 3.08. The van der Waals surface area contributed by atoms with Gasteiger partial charge >= 0.3 is 0 Å². The second kappa shape index (κ2) is 5.80. The average molecular weight is 255 g/mol. The smallest absolute Gasteiger partial charge is 0.205 e. The number of nitrogens with one attached hydrogen (secondary N) is 1. The Morgan fingerprint density at radius 3 is 2.47 bits per heavy atom. The molecule has 0 aromatic heterocycles. The first kappa shape index (κ1) is 13.7. The summed E-state index contributed by atoms with van der Waals surface area (Å²) in [7, 11) is -3.75. The molecule has 1 aromatic carbocycles. The molecule has 0 saturated heterocycles. The van der Waals surface area contributed by atoms with Gasteiger partial charge in [-0.25, -0.2) is 13.3 Å². The molecule has 0 aliphatic heterocycles. The zero-order valence-electron chi connectivity index (χ0n) is 9.51. The van der Waals surface area contributed by atoms with Gasteiger partial charge in [0.05, 0.1) is 4.90 Å². The van der Waals surface area contributed by atoms with Crippen molar-refractivity contribution in [3.63, 3.8) is 0 Å². The predicted octanol–water partition coefficient (Wildman–Crippen LogP) is 1.16. The number of aryl methyl sites for hydroxylation is 1. The molecule has 0 heterocycles. The van der Waals surface area contributed by atoms with E-state index in [1.165, 1.54) is 12.1 Å². The fourth-order valence-corrected chi connectivity index (χ4v) is 1.65. The average Bonchev–Trinajstić information content (AvgIpc) is 2.29. The van der Waals surface area contributed by atoms with Crippen LogP contribution in [-0.2, 0) is 19.9 Å². The Labute approximate surface area is 101 Å². The van der Waals surface area contributed by atoms with Crippen LogP contribution >= 0.6 is 0 Å². The third-order valence-electron chi connectivity index (χ3n) is 1.90. The largest absolute Gasteiger partial charge is 0.264 e. The van der Waals surface area contributed by atoms with Gasteiger partial charge in [0.1, 0.15) is 0 Å². The molecule has 0 amide bonds. The van der Waals surface area contributed by atoms with Crippen molar-refractivity contribution in [3.8, 4) is 12.3 Å². The summed E-state index contributed by atoms with van der Waals surface area (Å²) in [4.78, 5) is 10.8. The van der Waals surface area contributed by atoms with Crippen LogP contribution in [0, 0.1) is 19.3 Å². The molecule has 0 aliphatic carbocycles. The Balaban J connectivity index is 2.64. The zero-order chi connectivity index (χ0) is 12.9. The maximum atomic E-state index is 11.6. The van der Waals surface area contributed by atoms with Crippen LogP contribution in [0.4, 0.5) is 0 Å². The van der Waals surface area contributed by atoms with E-state index in [9.17, 15) is 8.42 Å². The highest BCUT2D eigenvalue weighted by atomic mass is 32.2. The number of benzene rings is 1. The van der Waals surface area contributed by atoms with E-state index in [2.05, 4.69) is 15.8 Å². The standard InChI is InChI=1S/C11H13NO4S/c1-4-10(3)15-16-12-17(13,14)11-7-5-9(2)6-8-11/h1,5-8,10,12H,2-3H3. The van der Waals surface area contributed by atoms with Crippen molar-refractivity contribution >= 4 is 10.0 Å². The summed E-state index contributed by atoms with van der Waals surface area (Å²) >= 11 is 0. The first-order chi connectivity index (χ1) is 7.95. The van der Waals surface area contributed by atoms with Gasteiger partial charge in [0.25, 0.3) is 10.0 Å². The monoisotopic (exact) mass is 255 g/mol. The summed E-state index contributed by atoms with van der Waals surface area (Å²) in [6, 6.07) is 6.29. The SMILES string of the molecule is C#CC(C)OONS(=O)(=O)c1ccc(C)cc1. The quantitative estimate of drug-likeness (QED) is 0.487. The van der Waals surface area contributed by atoms with E-state index in [0.29, 0.717) is 0 Å². The number of hydrogen-bond donors (Lipinski definition) is 1. The first-order valence-electron chi connectivity index (χ1n) is 4.82. The van der Waals surface area contributed by atoms with Crippen molar-refractivity contribution in [2.24, 2.45) is 0 Å². The highest BCUT2D eigenvalue weighted by Crippen LogP contribution is 2.09. The van der Waals surface area contributed by atoms with E-state index in [1.54, 1.807) is 19.1 Å². The number of sulfonamides is 1. The van der Waals surface area contributed by atoms with Crippen LogP contribution < -0.4 is 4.89 Å². The van der Waals surface area contributed by atoms with E-state index < -0.39 is 16.1 Å². The van der Waals surface area contributed by atoms with Gasteiger partial charge in [0.2, 0.25) is 0 Å². The number of rotatable bonds is 5. The Morgan fingerprint density at radius 2 is 1.94 bits per heavy atom. The molecule has 0 radical (unpaired) electrons. The molecular formula is C11H13NO4S. The van der Waals surface area contributed by atoms with E-state index >= 15 is 0 Å². The zero-order valence-corrected chi connectivity index (χ0v) is 10.3. The van der Waals surface area contributed by atoms with Crippen LogP contribution in [0.15, 0.2) is 29.2 Å². The minimum absolute atomic E-state index is 0.0834. The van der Waals surface area contributed by atoms with Gasteiger partial charge in [-0.2, -0.15) is 0 Å². The Hall–Kier alpha value is -1.39. The lowest BCUT2D eigenvalue weighted by Gasteiger charge is -2.07. The molecule has 1 rings (SSSR count). The van der Waals surface area contributed by atoms with E-state index in [1.807, 2.05) is 11.8 Å². The maximum absolute atomic E-state index is 11.6. The molecule has 1 atom stereocenters. The van der Waals surface area contributed by atoms with Crippen LogP contribution in [-0.4, -0.2) is 14.5 Å². The van der Waals surface area contributed by atoms with Gasteiger partial charge in [-0.15, -0.1) is 11.4 Å². The van der Waals surface area contributed by atoms with Gasteiger partial charge in [-0.05, 0) is 26.0 Å². The van der Waals surface area contributed by atoms with Gasteiger partial charge in [-0.3, -0.25) is 0 Å². The van der Waals surface area contributed by atoms with Crippen molar-refractivity contribution in [1.29, 1.82) is 0 Å². The van der Waals surface area contributed by atoms with Crippen LogP contribution in [0.5, 0.6) is 0 Å². The molecule has 5 nitrogen and oxygen atoms in total. The molecule has 1 unspecified atom stereocenters. The van der Waals surface area contributed by atoms with Crippen LogP contribution in [0.25, 0.3) is 0 Å². The molecule has 0 aliphatic rings. The Morgan fingerprint density at radius 1 is 1.35 bits per heavy atom. The molecule has 17 heavy (non-hydrogen) atoms. The molecule has 0 saturated carbocycles. The highest BCUT2D eigenvalue weighted by Gasteiger charge is 2.14. The summed E-state index contributed by atoms with van der Waals surface area (Å²) in [6.45, 7) is 3.40. The van der Waals surface area contributed by atoms with Crippen LogP contribution in [0.3, 0.4) is 0 Å². The molecular weight excluding hydrogens is 242 g/mol. The second-order valence-electron chi connectivity index (χ2n) is 3.39. The van der Waals surface area contributed by atoms with E-state index in [0.717, 1.165) is 5.56 Å². The summed E-state index contributed by atoms with van der Waals surface area (Å²) in [5, 5.41) is 0. The van der Waals surface area contributed by atoms with Gasteiger partial charge in [0, 0.05) is 0 Å². The normalized spacial score (nSPS) is 13.0. The van der Waals surface area contributed by atoms with Crippen molar-refractivity contribution < 1.29 is 18.3 Å². The second-order valence-corrected chi connectivity index (χ2v) is 5.03. The molecule has 6 heteroatoms. The molecule has 0 fully saturated rings. The first-order valence-corrected chi connectivity index (χ1v) is 6.31. The maximum Gasteiger partial charge on any atom is 0.264 e. The summed E-state index contributed by atoms with van der Waals surface area (Å²) in [5.74, 6) is 2.22. The van der Waals surface area contributed by atoms with E-state index in [4.69, 9.17) is 6.42 Å². The van der Waals surface area contributed by atoms with Crippen molar-refractivity contribution in [2.75, 3.05) is 0 Å². The molecule has 92 valence electrons. The molecule has 1 aromatic rings. The lowest BCUT2D eigenvalue weighted by Crippen LogP contribution is -2.26. The number of terminal acetylenes is 1. The van der Waals surface area contributed by atoms with Gasteiger partial charge in [-0.1, -0.05) is 28.5 Å². The Bertz CT molecular complexity index is 501. The molecule has 0 bridgehead atoms. The van der Waals surface area contributed by atoms with Crippen molar-refractivity contribution in [3.05, 3.63) is 29.8 Å². The summed E-state index contributed by atoms with van der Waals surface area (Å²) in [5.41, 5.74) is 0.960. The van der Waals surface area contributed by atoms with E-state index in [-0.39, 0.29) is 4.90 Å². The lowest BCUT2D eigenvalue weighted by atomic mass is 10.2. The predicted molar refractivity (Wildman–Crippen MR) is 62.0 cm³/mol. The topological polar surface area (TPSA) is 64.6 Å². The van der Waals surface area contributed by atoms with Crippen molar-refractivity contribution in [2.45, 2.75) is 24.8 Å². The number of hydrogen-bond acceptors (Lipinski definition) is 4. The minimum atomic E-state index is -3.75. The summed E-state index contributed by atoms with van der Waals surface area (Å²) < 4.78 is 23.3. The Kier molecular flexibility index (Phi) is 4.66. The minimum Gasteiger partial charge on any atom is -0.205 e. The summed E-state index contributed by atoms with van der Waals surface area (Å²) in [6.07, 6.45) is 4.37. The highest BCUT2D eigenvalue weighted by molar-refractivity contribution is 7.89. The molecule has 0 spiro atoms. The fourth-order valence-electron chi connectivity index (χ4n) is 0.930. The fraction of sp³-hybridized carbons (Fsp3) is 0.273. The van der Waals surface area contributed by atoms with Gasteiger partial charge < -0.3 is 0 Å². The van der Waals surface area contributed by atoms with Crippen LogP contribution in [0.1, 0.15) is 12.5 Å².